The van der Waals surface area contributed by atoms with E-state index in [1.807, 2.05) is 0 Å². The van der Waals surface area contributed by atoms with Gasteiger partial charge in [0.15, 0.2) is 6.29 Å². The summed E-state index contributed by atoms with van der Waals surface area (Å²) in [4.78, 5) is 28.9. The zero-order valence-electron chi connectivity index (χ0n) is 9.08. The predicted octanol–water partition coefficient (Wildman–Crippen LogP) is -3.03. The maximum Gasteiger partial charge on any atom is 0.328 e. The Morgan fingerprint density at radius 2 is 1.39 bits per heavy atom. The summed E-state index contributed by atoms with van der Waals surface area (Å²) in [6.45, 7) is -0.688. The lowest BCUT2D eigenvalue weighted by atomic mass is 10.1. The van der Waals surface area contributed by atoms with Crippen molar-refractivity contribution in [1.29, 1.82) is 0 Å². The first-order valence-corrected chi connectivity index (χ1v) is 4.50. The van der Waals surface area contributed by atoms with Gasteiger partial charge in [-0.2, -0.15) is 0 Å². The zero-order valence-corrected chi connectivity index (χ0v) is 9.08. The number of aliphatic hydroxyl groups excluding tert-OH is 4. The third-order valence-electron chi connectivity index (χ3n) is 1.44. The van der Waals surface area contributed by atoms with Crippen LogP contribution in [-0.4, -0.2) is 73.8 Å². The van der Waals surface area contributed by atoms with Crippen LogP contribution in [0.15, 0.2) is 12.2 Å². The fourth-order valence-electron chi connectivity index (χ4n) is 0.559. The minimum atomic E-state index is -1.64. The van der Waals surface area contributed by atoms with E-state index in [4.69, 9.17) is 30.6 Å². The highest BCUT2D eigenvalue weighted by Gasteiger charge is 2.22. The van der Waals surface area contributed by atoms with Crippen LogP contribution in [0.25, 0.3) is 0 Å². The van der Waals surface area contributed by atoms with Crippen molar-refractivity contribution < 1.29 is 45.0 Å². The molecule has 0 aromatic carbocycles. The molecule has 9 nitrogen and oxygen atoms in total. The lowest BCUT2D eigenvalue weighted by Gasteiger charge is -2.16. The van der Waals surface area contributed by atoms with Crippen molar-refractivity contribution in [2.45, 2.75) is 18.3 Å². The van der Waals surface area contributed by atoms with Gasteiger partial charge in [-0.05, 0) is 0 Å². The molecule has 0 aliphatic rings. The summed E-state index contributed by atoms with van der Waals surface area (Å²) in [5.41, 5.74) is 0. The first-order valence-electron chi connectivity index (χ1n) is 4.50. The van der Waals surface area contributed by atoms with Crippen LogP contribution in [0, 0.1) is 0 Å². The van der Waals surface area contributed by atoms with Crippen LogP contribution in [0.3, 0.4) is 0 Å². The van der Waals surface area contributed by atoms with E-state index >= 15 is 0 Å². The van der Waals surface area contributed by atoms with Crippen molar-refractivity contribution in [1.82, 2.24) is 0 Å². The summed E-state index contributed by atoms with van der Waals surface area (Å²) in [5, 5.41) is 49.7. The molecular formula is C9H14O9. The molecule has 0 saturated heterocycles. The average Bonchev–Trinajstić information content (AvgIpc) is 2.34. The number of carboxylic acid groups (broad SMARTS) is 2. The van der Waals surface area contributed by atoms with E-state index in [0.717, 1.165) is 0 Å². The number of hydrogen-bond donors (Lipinski definition) is 6. The smallest absolute Gasteiger partial charge is 0.328 e. The molecule has 9 heteroatoms. The zero-order chi connectivity index (χ0) is 14.7. The number of hydrogen-bond acceptors (Lipinski definition) is 7. The third-order valence-corrected chi connectivity index (χ3v) is 1.44. The van der Waals surface area contributed by atoms with Crippen molar-refractivity contribution in [3.05, 3.63) is 12.2 Å². The molecule has 0 aliphatic heterocycles. The maximum absolute atomic E-state index is 9.76. The molecule has 0 spiro atoms. The Hall–Kier alpha value is -1.81. The van der Waals surface area contributed by atoms with E-state index in [1.54, 1.807) is 0 Å². The van der Waals surface area contributed by atoms with Gasteiger partial charge in [0.25, 0.3) is 0 Å². The predicted molar refractivity (Wildman–Crippen MR) is 55.6 cm³/mol. The van der Waals surface area contributed by atoms with Crippen LogP contribution in [0.4, 0.5) is 0 Å². The number of carboxylic acids is 2. The topological polar surface area (TPSA) is 173 Å². The van der Waals surface area contributed by atoms with Crippen molar-refractivity contribution >= 4 is 18.2 Å². The van der Waals surface area contributed by atoms with Gasteiger partial charge in [0, 0.05) is 12.2 Å². The molecule has 0 bridgehead atoms. The molecule has 18 heavy (non-hydrogen) atoms. The molecule has 0 unspecified atom stereocenters. The first-order chi connectivity index (χ1) is 8.26. The quantitative estimate of drug-likeness (QED) is 0.216. The Morgan fingerprint density at radius 3 is 1.61 bits per heavy atom. The van der Waals surface area contributed by atoms with Crippen LogP contribution in [0.5, 0.6) is 0 Å². The summed E-state index contributed by atoms with van der Waals surface area (Å²) in [5.74, 6) is -2.51. The van der Waals surface area contributed by atoms with E-state index in [0.29, 0.717) is 12.2 Å². The third kappa shape index (κ3) is 10.7. The monoisotopic (exact) mass is 266 g/mol. The Balaban J connectivity index is 0. The highest BCUT2D eigenvalue weighted by atomic mass is 16.4. The van der Waals surface area contributed by atoms with Crippen molar-refractivity contribution in [2.24, 2.45) is 0 Å². The molecule has 0 aromatic rings. The molecule has 6 N–H and O–H groups in total. The second-order valence-electron chi connectivity index (χ2n) is 2.88. The molecule has 104 valence electrons. The Labute approximate surface area is 101 Å². The molecule has 3 atom stereocenters. The summed E-state index contributed by atoms with van der Waals surface area (Å²) in [7, 11) is 0. The van der Waals surface area contributed by atoms with Crippen molar-refractivity contribution in [2.75, 3.05) is 6.61 Å². The van der Waals surface area contributed by atoms with Crippen LogP contribution in [0.2, 0.25) is 0 Å². The summed E-state index contributed by atoms with van der Waals surface area (Å²) >= 11 is 0. The minimum Gasteiger partial charge on any atom is -0.478 e. The number of aliphatic hydroxyl groups is 4. The molecule has 0 radical (unpaired) electrons. The SMILES string of the molecule is O=C(O)/C=C/C(=O)O.O=C[C@H](O)[C@@H](O)[C@H](O)CO. The highest BCUT2D eigenvalue weighted by molar-refractivity contribution is 5.89. The Kier molecular flexibility index (Phi) is 10.7. The van der Waals surface area contributed by atoms with Gasteiger partial charge in [0.05, 0.1) is 6.61 Å². The van der Waals surface area contributed by atoms with E-state index in [-0.39, 0.29) is 6.29 Å². The van der Waals surface area contributed by atoms with Gasteiger partial charge in [-0.3, -0.25) is 0 Å². The lowest BCUT2D eigenvalue weighted by Crippen LogP contribution is -2.40. The van der Waals surface area contributed by atoms with Gasteiger partial charge >= 0.3 is 11.9 Å². The average molecular weight is 266 g/mol. The number of rotatable bonds is 6. The summed E-state index contributed by atoms with van der Waals surface area (Å²) < 4.78 is 0. The van der Waals surface area contributed by atoms with Gasteiger partial charge < -0.3 is 35.4 Å². The Bertz CT molecular complexity index is 282. The number of aliphatic carboxylic acids is 2. The molecule has 0 heterocycles. The van der Waals surface area contributed by atoms with Gasteiger partial charge in [-0.1, -0.05) is 0 Å². The number of carbonyl (C=O) groups excluding carboxylic acids is 1. The number of carbonyl (C=O) groups is 3. The molecule has 0 fully saturated rings. The largest absolute Gasteiger partial charge is 0.478 e. The molecule has 0 aromatic heterocycles. The van der Waals surface area contributed by atoms with Gasteiger partial charge in [-0.15, -0.1) is 0 Å². The number of aldehydes is 1. The standard InChI is InChI=1S/C5H10O5.C4H4O4/c6-1-3(8)5(10)4(9)2-7;5-3(6)1-2-4(7)8/h1,3-5,7-10H,2H2;1-2H,(H,5,6)(H,7,8)/b;2-1+/t3-,4+,5+;/m0./s1. The van der Waals surface area contributed by atoms with E-state index in [9.17, 15) is 14.4 Å². The van der Waals surface area contributed by atoms with E-state index < -0.39 is 36.9 Å². The van der Waals surface area contributed by atoms with Crippen LogP contribution in [0.1, 0.15) is 0 Å². The minimum absolute atomic E-state index is 0.0869. The molecular weight excluding hydrogens is 252 g/mol. The Morgan fingerprint density at radius 1 is 1.00 bits per heavy atom. The molecule has 0 amide bonds. The maximum atomic E-state index is 9.76. The van der Waals surface area contributed by atoms with Crippen molar-refractivity contribution in [3.63, 3.8) is 0 Å². The summed E-state index contributed by atoms with van der Waals surface area (Å²) in [6.07, 6.45) is -3.52. The normalized spacial score (nSPS) is 15.1. The van der Waals surface area contributed by atoms with Gasteiger partial charge in [-0.25, -0.2) is 9.59 Å². The molecule has 0 rings (SSSR count). The van der Waals surface area contributed by atoms with Crippen LogP contribution in [-0.2, 0) is 14.4 Å². The summed E-state index contributed by atoms with van der Waals surface area (Å²) in [6, 6.07) is 0. The van der Waals surface area contributed by atoms with Crippen LogP contribution < -0.4 is 0 Å². The first kappa shape index (κ1) is 18.6. The lowest BCUT2D eigenvalue weighted by molar-refractivity contribution is -0.134. The highest BCUT2D eigenvalue weighted by Crippen LogP contribution is 1.96. The van der Waals surface area contributed by atoms with E-state index in [2.05, 4.69) is 0 Å². The fraction of sp³-hybridized carbons (Fsp3) is 0.444. The van der Waals surface area contributed by atoms with Gasteiger partial charge in [0.1, 0.15) is 18.3 Å². The van der Waals surface area contributed by atoms with Crippen molar-refractivity contribution in [3.8, 4) is 0 Å². The van der Waals surface area contributed by atoms with Crippen LogP contribution >= 0.6 is 0 Å². The van der Waals surface area contributed by atoms with E-state index in [1.165, 1.54) is 0 Å². The molecule has 0 aliphatic carbocycles. The second kappa shape index (κ2) is 10.4. The second-order valence-corrected chi connectivity index (χ2v) is 2.88. The fourth-order valence-corrected chi connectivity index (χ4v) is 0.559. The molecule has 0 saturated carbocycles. The van der Waals surface area contributed by atoms with Gasteiger partial charge in [0.2, 0.25) is 0 Å².